The van der Waals surface area contributed by atoms with Crippen molar-refractivity contribution >= 4 is 0 Å². The molecule has 13 aromatic rings. The summed E-state index contributed by atoms with van der Waals surface area (Å²) in [6.07, 6.45) is 1.91. The minimum Gasteiger partial charge on any atom is -0.508 e. The Morgan fingerprint density at radius 1 is 0.254 bits per heavy atom. The quantitative estimate of drug-likeness (QED) is 0.0528. The second kappa shape index (κ2) is 35.6. The first kappa shape index (κ1) is 92.3. The van der Waals surface area contributed by atoms with Crippen molar-refractivity contribution < 1.29 is 45.6 Å². The van der Waals surface area contributed by atoms with Crippen molar-refractivity contribution in [3.63, 3.8) is 0 Å². The fraction of sp³-hybridized carbons (Fsp3) is 0.310. The topological polar surface area (TPSA) is 171 Å². The van der Waals surface area contributed by atoms with Gasteiger partial charge in [0, 0.05) is 77.6 Å². The molecule has 0 saturated carbocycles. The molecular formula is C113H130O9. The van der Waals surface area contributed by atoms with E-state index in [-0.39, 0.29) is 79.3 Å². The van der Waals surface area contributed by atoms with Gasteiger partial charge in [-0.2, -0.15) is 0 Å². The number of para-hydroxylation sites is 2. The number of fused-ring (bicyclic) bond motifs is 2. The number of aromatic hydroxyl groups is 8. The molecule has 0 aromatic heterocycles. The first-order valence-electron chi connectivity index (χ1n) is 42.2. The molecule has 0 spiro atoms. The summed E-state index contributed by atoms with van der Waals surface area (Å²) in [5.41, 5.74) is 22.0. The third-order valence-electron chi connectivity index (χ3n) is 26.2. The Morgan fingerprint density at radius 2 is 0.557 bits per heavy atom. The molecule has 2 unspecified atom stereocenters. The zero-order valence-corrected chi connectivity index (χ0v) is 75.1. The zero-order chi connectivity index (χ0) is 88.4. The van der Waals surface area contributed by atoms with E-state index >= 15 is 0 Å². The monoisotopic (exact) mass is 1630 g/mol. The number of phenolic OH excluding ortho intramolecular Hbond substituents is 8. The van der Waals surface area contributed by atoms with E-state index in [0.717, 1.165) is 74.2 Å². The van der Waals surface area contributed by atoms with E-state index in [2.05, 4.69) is 280 Å². The van der Waals surface area contributed by atoms with E-state index in [9.17, 15) is 40.9 Å². The number of ether oxygens (including phenoxy) is 1. The third kappa shape index (κ3) is 19.7. The van der Waals surface area contributed by atoms with E-state index in [0.29, 0.717) is 23.0 Å². The van der Waals surface area contributed by atoms with E-state index in [1.165, 1.54) is 61.2 Å². The highest BCUT2D eigenvalue weighted by molar-refractivity contribution is 5.59. The Balaban J connectivity index is 0.000000162. The molecule has 2 aliphatic rings. The van der Waals surface area contributed by atoms with Gasteiger partial charge in [-0.3, -0.25) is 0 Å². The highest BCUT2D eigenvalue weighted by Gasteiger charge is 2.47. The molecule has 0 radical (unpaired) electrons. The minimum atomic E-state index is -0.392. The molecule has 122 heavy (non-hydrogen) atoms. The second-order valence-corrected chi connectivity index (χ2v) is 38.6. The fourth-order valence-electron chi connectivity index (χ4n) is 18.1. The standard InChI is InChI=1S/C27H30O3.2C25H28O2.C19H22O.C16H18O.CH4/c1-25(2)17-27(5,19-8-13-22(29)14-9-19)23-16-20(10-15-24(23)30-25)26(3,4)18-6-11-21(28)12-7-18;1-17-6-8-19(9-7-17)25(4,5)22-16-20(12-15-23(22)27)24(2,3)18-10-13-21(26)14-11-18;1-17-9-11-18(12-10-17)24(2,3)21-7-6-8-22(23(21)27)25(4,5)19-13-15-20(26)16-14-19;1-13-5-7-14(8-6-13)19(4)12-18(2,3)16-10-9-15(20)11-17(16)19;1-12-8-10-13(11-9-12)16(2,3)14-6-4-5-7-15(14)17;/h6-16,28-29H,17H2,1-5H3;2*6-16,26-27H,1-5H3;5-11,20H,12H2,1-4H3;4-11,17H,1-3H3;1H4. The van der Waals surface area contributed by atoms with Crippen molar-refractivity contribution in [3.05, 3.63) is 408 Å². The lowest BCUT2D eigenvalue weighted by Gasteiger charge is -2.45. The summed E-state index contributed by atoms with van der Waals surface area (Å²) >= 11 is 0. The van der Waals surface area contributed by atoms with Crippen LogP contribution in [-0.2, 0) is 48.7 Å². The Bertz CT molecular complexity index is 5580. The Hall–Kier alpha value is -11.9. The largest absolute Gasteiger partial charge is 0.508 e. The lowest BCUT2D eigenvalue weighted by atomic mass is 9.66. The first-order chi connectivity index (χ1) is 56.6. The highest BCUT2D eigenvalue weighted by atomic mass is 16.5. The van der Waals surface area contributed by atoms with Gasteiger partial charge in [-0.1, -0.05) is 353 Å². The highest BCUT2D eigenvalue weighted by Crippen LogP contribution is 2.55. The van der Waals surface area contributed by atoms with Gasteiger partial charge in [0.25, 0.3) is 0 Å². The maximum atomic E-state index is 11.2. The van der Waals surface area contributed by atoms with Gasteiger partial charge in [0.15, 0.2) is 0 Å². The molecule has 13 aromatic carbocycles. The third-order valence-corrected chi connectivity index (χ3v) is 26.2. The fourth-order valence-corrected chi connectivity index (χ4v) is 18.1. The van der Waals surface area contributed by atoms with Crippen LogP contribution in [0.25, 0.3) is 0 Å². The lowest BCUT2D eigenvalue weighted by Crippen LogP contribution is -2.43. The van der Waals surface area contributed by atoms with Crippen LogP contribution in [0.1, 0.15) is 262 Å². The average Bonchev–Trinajstić information content (AvgIpc) is 1.56. The predicted molar refractivity (Wildman–Crippen MR) is 505 cm³/mol. The van der Waals surface area contributed by atoms with Crippen molar-refractivity contribution in [3.8, 4) is 51.7 Å². The van der Waals surface area contributed by atoms with Crippen LogP contribution in [-0.4, -0.2) is 46.5 Å². The van der Waals surface area contributed by atoms with E-state index in [4.69, 9.17) is 4.74 Å². The molecule has 0 fully saturated rings. The van der Waals surface area contributed by atoms with Gasteiger partial charge in [-0.15, -0.1) is 0 Å². The van der Waals surface area contributed by atoms with Crippen LogP contribution in [0.3, 0.4) is 0 Å². The summed E-state index contributed by atoms with van der Waals surface area (Å²) in [6.45, 7) is 47.5. The van der Waals surface area contributed by atoms with Gasteiger partial charge in [0.1, 0.15) is 57.3 Å². The Labute approximate surface area is 727 Å². The van der Waals surface area contributed by atoms with Crippen LogP contribution in [0.4, 0.5) is 0 Å². The molecule has 15 rings (SSSR count). The molecule has 9 heteroatoms. The van der Waals surface area contributed by atoms with Crippen LogP contribution >= 0.6 is 0 Å². The van der Waals surface area contributed by atoms with E-state index in [1.54, 1.807) is 60.7 Å². The maximum Gasteiger partial charge on any atom is 0.124 e. The zero-order valence-electron chi connectivity index (χ0n) is 75.1. The second-order valence-electron chi connectivity index (χ2n) is 38.6. The van der Waals surface area contributed by atoms with Crippen LogP contribution in [0.15, 0.2) is 291 Å². The molecule has 636 valence electrons. The van der Waals surface area contributed by atoms with Gasteiger partial charge >= 0.3 is 0 Å². The molecule has 1 heterocycles. The smallest absolute Gasteiger partial charge is 0.124 e. The van der Waals surface area contributed by atoms with Gasteiger partial charge in [-0.25, -0.2) is 0 Å². The summed E-state index contributed by atoms with van der Waals surface area (Å²) in [5, 5.41) is 80.4. The van der Waals surface area contributed by atoms with Crippen LogP contribution in [0.5, 0.6) is 51.7 Å². The average molecular weight is 1630 g/mol. The number of rotatable bonds is 14. The summed E-state index contributed by atoms with van der Waals surface area (Å²) in [6, 6.07) is 95.5. The van der Waals surface area contributed by atoms with Gasteiger partial charge in [-0.05, 0) is 199 Å². The molecule has 2 atom stereocenters. The molecule has 1 aliphatic heterocycles. The summed E-state index contributed by atoms with van der Waals surface area (Å²) in [4.78, 5) is 0. The Kier molecular flexibility index (Phi) is 27.0. The van der Waals surface area contributed by atoms with Gasteiger partial charge < -0.3 is 45.6 Å². The van der Waals surface area contributed by atoms with Gasteiger partial charge in [0.05, 0.1) is 0 Å². The molecule has 8 N–H and O–H groups in total. The van der Waals surface area contributed by atoms with Crippen molar-refractivity contribution in [1.29, 1.82) is 0 Å². The van der Waals surface area contributed by atoms with Crippen molar-refractivity contribution in [1.82, 2.24) is 0 Å². The molecule has 0 saturated heterocycles. The van der Waals surface area contributed by atoms with Crippen molar-refractivity contribution in [2.45, 2.75) is 227 Å². The summed E-state index contributed by atoms with van der Waals surface area (Å²) in [5.74, 6) is 3.33. The summed E-state index contributed by atoms with van der Waals surface area (Å²) < 4.78 is 6.37. The molecular weight excluding hydrogens is 1500 g/mol. The van der Waals surface area contributed by atoms with Gasteiger partial charge in [0.2, 0.25) is 0 Å². The van der Waals surface area contributed by atoms with Crippen molar-refractivity contribution in [2.24, 2.45) is 0 Å². The molecule has 0 bridgehead atoms. The molecule has 0 amide bonds. The van der Waals surface area contributed by atoms with Crippen LogP contribution in [0, 0.1) is 27.7 Å². The molecule has 9 nitrogen and oxygen atoms in total. The van der Waals surface area contributed by atoms with E-state index < -0.39 is 5.41 Å². The number of benzene rings is 13. The number of phenols is 8. The minimum absolute atomic E-state index is 0. The number of hydrogen-bond acceptors (Lipinski definition) is 9. The number of hydrogen-bond donors (Lipinski definition) is 8. The van der Waals surface area contributed by atoms with Crippen LogP contribution in [0.2, 0.25) is 0 Å². The molecule has 1 aliphatic carbocycles. The SMILES string of the molecule is C.CC1(C)CC(C)(c2ccc(O)cc2)c2cc(C(C)(C)c3ccc(O)cc3)ccc2O1.Cc1ccc(C(C)(C)c2cc(C(C)(C)c3ccc(O)cc3)ccc2O)cc1.Cc1ccc(C(C)(C)c2cccc(C(C)(C)c3ccc(O)cc3)c2O)cc1.Cc1ccc(C(C)(C)c2ccccc2O)cc1.Cc1ccc(C2(C)CC(C)(C)c3ccc(O)cc32)cc1. The predicted octanol–water partition coefficient (Wildman–Crippen LogP) is 27.8. The Morgan fingerprint density at radius 3 is 0.975 bits per heavy atom. The first-order valence-corrected chi connectivity index (χ1v) is 42.2. The number of aryl methyl sites for hydroxylation is 4. The van der Waals surface area contributed by atoms with Crippen LogP contribution < -0.4 is 4.74 Å². The van der Waals surface area contributed by atoms with Crippen molar-refractivity contribution in [2.75, 3.05) is 0 Å². The van der Waals surface area contributed by atoms with E-state index in [1.807, 2.05) is 103 Å². The summed E-state index contributed by atoms with van der Waals surface area (Å²) in [7, 11) is 0. The lowest BCUT2D eigenvalue weighted by molar-refractivity contribution is 0.0582. The normalized spacial score (nSPS) is 15.9. The maximum absolute atomic E-state index is 11.2.